The van der Waals surface area contributed by atoms with Crippen molar-refractivity contribution >= 4 is 21.6 Å². The van der Waals surface area contributed by atoms with E-state index in [2.05, 4.69) is 33.4 Å². The van der Waals surface area contributed by atoms with Crippen LogP contribution in [0.4, 0.5) is 5.69 Å². The summed E-state index contributed by atoms with van der Waals surface area (Å²) in [4.78, 5) is 0. The normalized spacial score (nSPS) is 16.6. The lowest BCUT2D eigenvalue weighted by molar-refractivity contribution is 0.0659. The van der Waals surface area contributed by atoms with Gasteiger partial charge in [0.2, 0.25) is 0 Å². The predicted octanol–water partition coefficient (Wildman–Crippen LogP) is 3.82. The highest BCUT2D eigenvalue weighted by Gasteiger charge is 2.14. The van der Waals surface area contributed by atoms with Crippen LogP contribution in [0.1, 0.15) is 25.7 Å². The molecule has 1 N–H and O–H groups in total. The van der Waals surface area contributed by atoms with Crippen molar-refractivity contribution in [2.45, 2.75) is 31.8 Å². The second-order valence-electron chi connectivity index (χ2n) is 4.21. The maximum atomic E-state index is 5.78. The van der Waals surface area contributed by atoms with Gasteiger partial charge in [0.15, 0.2) is 0 Å². The van der Waals surface area contributed by atoms with Gasteiger partial charge in [0, 0.05) is 16.7 Å². The van der Waals surface area contributed by atoms with Gasteiger partial charge in [-0.2, -0.15) is 0 Å². The predicted molar refractivity (Wildman–Crippen MR) is 70.8 cm³/mol. The molecule has 1 aromatic rings. The highest BCUT2D eigenvalue weighted by Crippen LogP contribution is 2.20. The van der Waals surface area contributed by atoms with Crippen molar-refractivity contribution in [1.82, 2.24) is 0 Å². The summed E-state index contributed by atoms with van der Waals surface area (Å²) < 4.78 is 6.89. The number of rotatable bonds is 5. The molecular weight excluding hydrogens is 266 g/mol. The number of benzene rings is 1. The quantitative estimate of drug-likeness (QED) is 0.830. The molecule has 0 unspecified atom stereocenters. The molecule has 3 heteroatoms. The minimum absolute atomic E-state index is 0.520. The average Bonchev–Trinajstić information content (AvgIpc) is 2.80. The van der Waals surface area contributed by atoms with E-state index in [1.807, 2.05) is 12.1 Å². The highest BCUT2D eigenvalue weighted by atomic mass is 79.9. The van der Waals surface area contributed by atoms with E-state index < -0.39 is 0 Å². The second-order valence-corrected chi connectivity index (χ2v) is 5.13. The largest absolute Gasteiger partial charge is 0.383 e. The fraction of sp³-hybridized carbons (Fsp3) is 0.538. The summed E-state index contributed by atoms with van der Waals surface area (Å²) >= 11 is 3.42. The van der Waals surface area contributed by atoms with Crippen molar-refractivity contribution in [1.29, 1.82) is 0 Å². The Morgan fingerprint density at radius 2 is 1.88 bits per heavy atom. The van der Waals surface area contributed by atoms with Gasteiger partial charge in [-0.25, -0.2) is 0 Å². The van der Waals surface area contributed by atoms with E-state index in [0.717, 1.165) is 23.3 Å². The smallest absolute Gasteiger partial charge is 0.0642 e. The molecule has 0 aliphatic heterocycles. The van der Waals surface area contributed by atoms with Crippen molar-refractivity contribution in [2.24, 2.45) is 0 Å². The number of ether oxygens (including phenoxy) is 1. The maximum Gasteiger partial charge on any atom is 0.0642 e. The standard InChI is InChI=1S/C13H18BrNO/c14-11-5-7-12(8-6-11)15-9-10-16-13-3-1-2-4-13/h5-8,13,15H,1-4,9-10H2. The molecule has 0 amide bonds. The molecule has 0 atom stereocenters. The minimum Gasteiger partial charge on any atom is -0.383 e. The van der Waals surface area contributed by atoms with Crippen LogP contribution in [0.15, 0.2) is 28.7 Å². The SMILES string of the molecule is Brc1ccc(NCCOC2CCCC2)cc1. The Bertz CT molecular complexity index is 306. The van der Waals surface area contributed by atoms with E-state index in [-0.39, 0.29) is 0 Å². The van der Waals surface area contributed by atoms with Gasteiger partial charge in [-0.05, 0) is 37.1 Å². The molecule has 2 rings (SSSR count). The summed E-state index contributed by atoms with van der Waals surface area (Å²) in [6.07, 6.45) is 5.69. The Morgan fingerprint density at radius 3 is 2.56 bits per heavy atom. The third-order valence-electron chi connectivity index (χ3n) is 2.93. The molecule has 0 spiro atoms. The molecule has 88 valence electrons. The third kappa shape index (κ3) is 3.80. The van der Waals surface area contributed by atoms with Gasteiger partial charge in [-0.1, -0.05) is 28.8 Å². The highest BCUT2D eigenvalue weighted by molar-refractivity contribution is 9.10. The van der Waals surface area contributed by atoms with Crippen LogP contribution in [-0.4, -0.2) is 19.3 Å². The minimum atomic E-state index is 0.520. The van der Waals surface area contributed by atoms with E-state index in [9.17, 15) is 0 Å². The van der Waals surface area contributed by atoms with Crippen LogP contribution < -0.4 is 5.32 Å². The molecule has 1 aliphatic carbocycles. The summed E-state index contributed by atoms with van der Waals surface area (Å²) in [7, 11) is 0. The van der Waals surface area contributed by atoms with Gasteiger partial charge in [-0.3, -0.25) is 0 Å². The van der Waals surface area contributed by atoms with Gasteiger partial charge in [-0.15, -0.1) is 0 Å². The maximum absolute atomic E-state index is 5.78. The van der Waals surface area contributed by atoms with Crippen molar-refractivity contribution in [3.8, 4) is 0 Å². The lowest BCUT2D eigenvalue weighted by Gasteiger charge is -2.12. The zero-order valence-electron chi connectivity index (χ0n) is 9.42. The van der Waals surface area contributed by atoms with Crippen LogP contribution in [0.2, 0.25) is 0 Å². The monoisotopic (exact) mass is 283 g/mol. The number of hydrogen-bond acceptors (Lipinski definition) is 2. The van der Waals surface area contributed by atoms with Crippen LogP contribution in [0.5, 0.6) is 0 Å². The second kappa shape index (κ2) is 6.26. The number of anilines is 1. The van der Waals surface area contributed by atoms with Crippen LogP contribution in [0.3, 0.4) is 0 Å². The van der Waals surface area contributed by atoms with Crippen molar-refractivity contribution in [3.05, 3.63) is 28.7 Å². The van der Waals surface area contributed by atoms with Gasteiger partial charge in [0.05, 0.1) is 12.7 Å². The van der Waals surface area contributed by atoms with Gasteiger partial charge < -0.3 is 10.1 Å². The van der Waals surface area contributed by atoms with Crippen molar-refractivity contribution in [3.63, 3.8) is 0 Å². The topological polar surface area (TPSA) is 21.3 Å². The molecule has 1 saturated carbocycles. The molecule has 0 heterocycles. The van der Waals surface area contributed by atoms with Crippen molar-refractivity contribution in [2.75, 3.05) is 18.5 Å². The van der Waals surface area contributed by atoms with E-state index in [0.29, 0.717) is 6.10 Å². The van der Waals surface area contributed by atoms with Gasteiger partial charge >= 0.3 is 0 Å². The molecule has 0 radical (unpaired) electrons. The van der Waals surface area contributed by atoms with E-state index in [4.69, 9.17) is 4.74 Å². The molecule has 0 saturated heterocycles. The molecule has 2 nitrogen and oxygen atoms in total. The Hall–Kier alpha value is -0.540. The fourth-order valence-corrected chi connectivity index (χ4v) is 2.31. The molecular formula is C13H18BrNO. The molecule has 1 aliphatic rings. The van der Waals surface area contributed by atoms with E-state index >= 15 is 0 Å². The Morgan fingerprint density at radius 1 is 1.19 bits per heavy atom. The van der Waals surface area contributed by atoms with Crippen molar-refractivity contribution < 1.29 is 4.74 Å². The number of halogens is 1. The summed E-state index contributed by atoms with van der Waals surface area (Å²) in [6, 6.07) is 8.22. The lowest BCUT2D eigenvalue weighted by Crippen LogP contribution is -2.15. The van der Waals surface area contributed by atoms with Crippen LogP contribution in [0.25, 0.3) is 0 Å². The first-order valence-electron chi connectivity index (χ1n) is 5.95. The molecule has 0 bridgehead atoms. The zero-order valence-corrected chi connectivity index (χ0v) is 11.0. The summed E-state index contributed by atoms with van der Waals surface area (Å²) in [5.74, 6) is 0. The average molecular weight is 284 g/mol. The third-order valence-corrected chi connectivity index (χ3v) is 3.46. The summed E-state index contributed by atoms with van der Waals surface area (Å²) in [5.41, 5.74) is 1.15. The Kier molecular flexibility index (Phi) is 4.67. The summed E-state index contributed by atoms with van der Waals surface area (Å²) in [6.45, 7) is 1.69. The van der Waals surface area contributed by atoms with Crippen LogP contribution in [0, 0.1) is 0 Å². The number of nitrogens with one attached hydrogen (secondary N) is 1. The van der Waals surface area contributed by atoms with Gasteiger partial charge in [0.25, 0.3) is 0 Å². The molecule has 1 fully saturated rings. The molecule has 16 heavy (non-hydrogen) atoms. The fourth-order valence-electron chi connectivity index (χ4n) is 2.04. The van der Waals surface area contributed by atoms with Crippen LogP contribution in [-0.2, 0) is 4.74 Å². The van der Waals surface area contributed by atoms with E-state index in [1.54, 1.807) is 0 Å². The molecule has 0 aromatic heterocycles. The van der Waals surface area contributed by atoms with Crippen LogP contribution >= 0.6 is 15.9 Å². The Labute approximate surface area is 106 Å². The lowest BCUT2D eigenvalue weighted by atomic mass is 10.3. The first-order chi connectivity index (χ1) is 7.84. The van der Waals surface area contributed by atoms with Gasteiger partial charge in [0.1, 0.15) is 0 Å². The molecule has 1 aromatic carbocycles. The first-order valence-corrected chi connectivity index (χ1v) is 6.75. The number of hydrogen-bond donors (Lipinski definition) is 1. The first kappa shape index (κ1) is 11.9. The Balaban J connectivity index is 1.62. The zero-order chi connectivity index (χ0) is 11.2. The van der Waals surface area contributed by atoms with E-state index in [1.165, 1.54) is 25.7 Å². The summed E-state index contributed by atoms with van der Waals surface area (Å²) in [5, 5.41) is 3.35.